The Balaban J connectivity index is 1.49. The fraction of sp³-hybridized carbons (Fsp3) is 0.929. The molecule has 18 heavy (non-hydrogen) atoms. The van der Waals surface area contributed by atoms with E-state index in [1.165, 1.54) is 58.0 Å². The maximum absolute atomic E-state index is 5.61. The van der Waals surface area contributed by atoms with Gasteiger partial charge in [-0.1, -0.05) is 19.3 Å². The third kappa shape index (κ3) is 2.80. The van der Waals surface area contributed by atoms with Gasteiger partial charge in [0.05, 0.1) is 0 Å². The van der Waals surface area contributed by atoms with E-state index in [-0.39, 0.29) is 0 Å². The zero-order valence-corrected chi connectivity index (χ0v) is 12.1. The molecule has 4 heteroatoms. The van der Waals surface area contributed by atoms with Crippen LogP contribution in [0.4, 0.5) is 0 Å². The number of hydrogen-bond donors (Lipinski definition) is 1. The van der Waals surface area contributed by atoms with Crippen molar-refractivity contribution >= 4 is 17.3 Å². The van der Waals surface area contributed by atoms with Crippen molar-refractivity contribution in [2.75, 3.05) is 26.2 Å². The summed E-state index contributed by atoms with van der Waals surface area (Å²) in [6, 6.07) is 1.41. The summed E-state index contributed by atoms with van der Waals surface area (Å²) >= 11 is 5.61. The summed E-state index contributed by atoms with van der Waals surface area (Å²) in [4.78, 5) is 5.05. The number of rotatable bonds is 1. The predicted octanol–water partition coefficient (Wildman–Crippen LogP) is 1.97. The number of nitrogens with one attached hydrogen (secondary N) is 1. The first-order valence-electron chi connectivity index (χ1n) is 7.62. The molecule has 1 aliphatic carbocycles. The smallest absolute Gasteiger partial charge is 0.169 e. The van der Waals surface area contributed by atoms with Crippen LogP contribution in [0.3, 0.4) is 0 Å². The number of fused-ring (bicyclic) bond motifs is 1. The van der Waals surface area contributed by atoms with Crippen LogP contribution in [0.1, 0.15) is 44.9 Å². The minimum absolute atomic E-state index is 0.646. The molecule has 0 spiro atoms. The van der Waals surface area contributed by atoms with Gasteiger partial charge in [0.15, 0.2) is 5.11 Å². The molecule has 2 aliphatic heterocycles. The topological polar surface area (TPSA) is 18.5 Å². The largest absolute Gasteiger partial charge is 0.360 e. The van der Waals surface area contributed by atoms with Crippen LogP contribution >= 0.6 is 12.2 Å². The zero-order chi connectivity index (χ0) is 12.4. The zero-order valence-electron chi connectivity index (χ0n) is 11.2. The minimum atomic E-state index is 0.646. The van der Waals surface area contributed by atoms with E-state index in [1.807, 2.05) is 0 Å². The Kier molecular flexibility index (Phi) is 4.04. The molecule has 3 aliphatic rings. The molecule has 1 unspecified atom stereocenters. The molecule has 3 fully saturated rings. The van der Waals surface area contributed by atoms with Gasteiger partial charge in [-0.2, -0.15) is 0 Å². The van der Waals surface area contributed by atoms with Crippen molar-refractivity contribution in [3.63, 3.8) is 0 Å². The Bertz CT molecular complexity index is 301. The van der Waals surface area contributed by atoms with Gasteiger partial charge >= 0.3 is 0 Å². The fourth-order valence-electron chi connectivity index (χ4n) is 3.69. The summed E-state index contributed by atoms with van der Waals surface area (Å²) in [6.45, 7) is 4.78. The van der Waals surface area contributed by atoms with Gasteiger partial charge in [0.2, 0.25) is 0 Å². The number of nitrogens with zero attached hydrogens (tertiary/aromatic N) is 2. The molecular formula is C14H25N3S. The van der Waals surface area contributed by atoms with E-state index >= 15 is 0 Å². The molecular weight excluding hydrogens is 242 g/mol. The molecule has 0 aromatic rings. The summed E-state index contributed by atoms with van der Waals surface area (Å²) in [6.07, 6.45) is 9.51. The second-order valence-electron chi connectivity index (χ2n) is 6.06. The number of thiocarbonyl (C=S) groups is 1. The van der Waals surface area contributed by atoms with Crippen LogP contribution in [0.15, 0.2) is 0 Å². The first kappa shape index (κ1) is 12.7. The van der Waals surface area contributed by atoms with Crippen LogP contribution in [-0.4, -0.2) is 53.2 Å². The average molecular weight is 267 g/mol. The molecule has 2 saturated heterocycles. The Hall–Kier alpha value is -0.350. The Morgan fingerprint density at radius 2 is 1.78 bits per heavy atom. The number of piperazine rings is 1. The van der Waals surface area contributed by atoms with Crippen molar-refractivity contribution in [1.29, 1.82) is 0 Å². The van der Waals surface area contributed by atoms with Crippen LogP contribution in [0.25, 0.3) is 0 Å². The molecule has 0 amide bonds. The summed E-state index contributed by atoms with van der Waals surface area (Å²) in [5.41, 5.74) is 0. The van der Waals surface area contributed by atoms with Crippen molar-refractivity contribution in [2.45, 2.75) is 57.0 Å². The molecule has 1 saturated carbocycles. The van der Waals surface area contributed by atoms with Crippen molar-refractivity contribution < 1.29 is 0 Å². The normalized spacial score (nSPS) is 30.2. The fourth-order valence-corrected chi connectivity index (χ4v) is 4.02. The molecule has 0 aromatic carbocycles. The molecule has 2 heterocycles. The van der Waals surface area contributed by atoms with E-state index in [1.54, 1.807) is 0 Å². The molecule has 0 bridgehead atoms. The van der Waals surface area contributed by atoms with Crippen molar-refractivity contribution in [3.05, 3.63) is 0 Å². The highest BCUT2D eigenvalue weighted by Crippen LogP contribution is 2.22. The molecule has 1 N–H and O–H groups in total. The maximum Gasteiger partial charge on any atom is 0.169 e. The highest BCUT2D eigenvalue weighted by atomic mass is 32.1. The first-order valence-corrected chi connectivity index (χ1v) is 8.03. The van der Waals surface area contributed by atoms with Crippen LogP contribution < -0.4 is 5.32 Å². The molecule has 0 aromatic heterocycles. The minimum Gasteiger partial charge on any atom is -0.360 e. The van der Waals surface area contributed by atoms with Gasteiger partial charge in [0.1, 0.15) is 0 Å². The van der Waals surface area contributed by atoms with Gasteiger partial charge in [-0.25, -0.2) is 0 Å². The third-order valence-electron chi connectivity index (χ3n) is 4.81. The molecule has 0 radical (unpaired) electrons. The lowest BCUT2D eigenvalue weighted by molar-refractivity contribution is 0.150. The van der Waals surface area contributed by atoms with Crippen molar-refractivity contribution in [2.24, 2.45) is 0 Å². The van der Waals surface area contributed by atoms with E-state index in [0.29, 0.717) is 6.04 Å². The lowest BCUT2D eigenvalue weighted by atomic mass is 9.96. The average Bonchev–Trinajstić information content (AvgIpc) is 2.87. The summed E-state index contributed by atoms with van der Waals surface area (Å²) in [7, 11) is 0. The van der Waals surface area contributed by atoms with Gasteiger partial charge in [-0.05, 0) is 44.4 Å². The van der Waals surface area contributed by atoms with Gasteiger partial charge in [-0.3, -0.25) is 4.90 Å². The van der Waals surface area contributed by atoms with Gasteiger partial charge in [0.25, 0.3) is 0 Å². The highest BCUT2D eigenvalue weighted by Gasteiger charge is 2.31. The second kappa shape index (κ2) is 5.74. The second-order valence-corrected chi connectivity index (χ2v) is 6.45. The first-order chi connectivity index (χ1) is 8.83. The summed E-state index contributed by atoms with van der Waals surface area (Å²) < 4.78 is 0. The molecule has 1 atom stereocenters. The Morgan fingerprint density at radius 1 is 0.944 bits per heavy atom. The monoisotopic (exact) mass is 267 g/mol. The van der Waals surface area contributed by atoms with E-state index in [4.69, 9.17) is 12.2 Å². The van der Waals surface area contributed by atoms with E-state index in [0.717, 1.165) is 24.2 Å². The summed E-state index contributed by atoms with van der Waals surface area (Å²) in [5.74, 6) is 0. The maximum atomic E-state index is 5.61. The lowest BCUT2D eigenvalue weighted by Gasteiger charge is -2.40. The van der Waals surface area contributed by atoms with Crippen LogP contribution in [0.5, 0.6) is 0 Å². The van der Waals surface area contributed by atoms with Gasteiger partial charge in [0, 0.05) is 31.7 Å². The quantitative estimate of drug-likeness (QED) is 0.732. The van der Waals surface area contributed by atoms with E-state index in [2.05, 4.69) is 15.1 Å². The Morgan fingerprint density at radius 3 is 2.61 bits per heavy atom. The van der Waals surface area contributed by atoms with E-state index in [9.17, 15) is 0 Å². The SMILES string of the molecule is S=C(NC1CCCCC1)N1CCN2CCCC2C1. The molecule has 102 valence electrons. The van der Waals surface area contributed by atoms with Crippen molar-refractivity contribution in [1.82, 2.24) is 15.1 Å². The van der Waals surface area contributed by atoms with E-state index < -0.39 is 0 Å². The lowest BCUT2D eigenvalue weighted by Crippen LogP contribution is -2.55. The standard InChI is InChI=1S/C14H25N3S/c18-14(15-12-5-2-1-3-6-12)17-10-9-16-8-4-7-13(16)11-17/h12-13H,1-11H2,(H,15,18). The molecule has 3 nitrogen and oxygen atoms in total. The Labute approximate surface area is 116 Å². The van der Waals surface area contributed by atoms with Crippen LogP contribution in [-0.2, 0) is 0 Å². The van der Waals surface area contributed by atoms with Crippen LogP contribution in [0, 0.1) is 0 Å². The number of hydrogen-bond acceptors (Lipinski definition) is 2. The van der Waals surface area contributed by atoms with Crippen LogP contribution in [0.2, 0.25) is 0 Å². The summed E-state index contributed by atoms with van der Waals surface area (Å²) in [5, 5.41) is 4.63. The predicted molar refractivity (Wildman–Crippen MR) is 78.8 cm³/mol. The molecule has 3 rings (SSSR count). The van der Waals surface area contributed by atoms with Crippen molar-refractivity contribution in [3.8, 4) is 0 Å². The third-order valence-corrected chi connectivity index (χ3v) is 5.18. The van der Waals surface area contributed by atoms with Gasteiger partial charge in [-0.15, -0.1) is 0 Å². The van der Waals surface area contributed by atoms with Gasteiger partial charge < -0.3 is 10.2 Å². The highest BCUT2D eigenvalue weighted by molar-refractivity contribution is 7.80.